The first-order chi connectivity index (χ1) is 6.34. The third-order valence-electron chi connectivity index (χ3n) is 1.85. The number of nitrogens with zero attached hydrogens (tertiary/aromatic N) is 1. The number of benzene rings is 1. The molecule has 0 aromatic heterocycles. The van der Waals surface area contributed by atoms with Crippen molar-refractivity contribution in [3.05, 3.63) is 35.9 Å². The van der Waals surface area contributed by atoms with Crippen LogP contribution >= 0.6 is 0 Å². The van der Waals surface area contributed by atoms with Gasteiger partial charge in [-0.2, -0.15) is 5.26 Å². The summed E-state index contributed by atoms with van der Waals surface area (Å²) in [5, 5.41) is 8.32. The molecule has 1 aromatic rings. The fourth-order valence-corrected chi connectivity index (χ4v) is 1.10. The van der Waals surface area contributed by atoms with Gasteiger partial charge in [0.15, 0.2) is 0 Å². The van der Waals surface area contributed by atoms with Crippen LogP contribution in [0.5, 0.6) is 0 Å². The third kappa shape index (κ3) is 3.27. The highest BCUT2D eigenvalue weighted by molar-refractivity contribution is 5.16. The van der Waals surface area contributed by atoms with Crippen LogP contribution in [0, 0.1) is 11.3 Å². The minimum absolute atomic E-state index is 0.0783. The summed E-state index contributed by atoms with van der Waals surface area (Å²) in [6.07, 6.45) is 0.534. The van der Waals surface area contributed by atoms with Crippen molar-refractivity contribution < 1.29 is 4.74 Å². The summed E-state index contributed by atoms with van der Waals surface area (Å²) >= 11 is 0. The highest BCUT2D eigenvalue weighted by Gasteiger charge is 2.03. The fraction of sp³-hybridized carbons (Fsp3) is 0.364. The van der Waals surface area contributed by atoms with Crippen molar-refractivity contribution in [1.82, 2.24) is 0 Å². The Morgan fingerprint density at radius 1 is 1.38 bits per heavy atom. The van der Waals surface area contributed by atoms with E-state index in [1.807, 2.05) is 43.3 Å². The molecule has 0 aliphatic heterocycles. The number of hydrogen-bond acceptors (Lipinski definition) is 2. The van der Waals surface area contributed by atoms with E-state index in [9.17, 15) is 0 Å². The molecule has 0 radical (unpaired) electrons. The van der Waals surface area contributed by atoms with E-state index in [2.05, 4.69) is 0 Å². The molecule has 68 valence electrons. The number of rotatable bonds is 4. The molecule has 2 nitrogen and oxygen atoms in total. The number of hydrogen-bond donors (Lipinski definition) is 0. The van der Waals surface area contributed by atoms with E-state index in [4.69, 9.17) is 10.00 Å². The van der Waals surface area contributed by atoms with Crippen LogP contribution in [0.15, 0.2) is 30.3 Å². The molecule has 1 aromatic carbocycles. The summed E-state index contributed by atoms with van der Waals surface area (Å²) in [6.45, 7) is 2.50. The summed E-state index contributed by atoms with van der Waals surface area (Å²) in [5.41, 5.74) is 1.15. The zero-order valence-corrected chi connectivity index (χ0v) is 7.73. The monoisotopic (exact) mass is 175 g/mol. The maximum Gasteiger partial charge on any atom is 0.0797 e. The van der Waals surface area contributed by atoms with Gasteiger partial charge in [-0.3, -0.25) is 0 Å². The van der Waals surface area contributed by atoms with Gasteiger partial charge in [0, 0.05) is 0 Å². The predicted octanol–water partition coefficient (Wildman–Crippen LogP) is 2.68. The minimum atomic E-state index is 0.0783. The Bertz CT molecular complexity index is 276. The average Bonchev–Trinajstić information content (AvgIpc) is 2.19. The Balaban J connectivity index is 2.41. The second kappa shape index (κ2) is 5.34. The molecule has 1 atom stereocenters. The van der Waals surface area contributed by atoms with Gasteiger partial charge >= 0.3 is 0 Å². The van der Waals surface area contributed by atoms with Crippen LogP contribution in [0.2, 0.25) is 0 Å². The van der Waals surface area contributed by atoms with Crippen molar-refractivity contribution in [2.45, 2.75) is 19.4 Å². The molecule has 1 rings (SSSR count). The minimum Gasteiger partial charge on any atom is -0.373 e. The molecule has 0 aliphatic carbocycles. The molecule has 0 saturated heterocycles. The Morgan fingerprint density at radius 2 is 2.08 bits per heavy atom. The van der Waals surface area contributed by atoms with Gasteiger partial charge in [0.2, 0.25) is 0 Å². The number of ether oxygens (including phenoxy) is 1. The van der Waals surface area contributed by atoms with Crippen LogP contribution in [0.4, 0.5) is 0 Å². The van der Waals surface area contributed by atoms with Crippen LogP contribution in [-0.2, 0) is 4.74 Å². The summed E-state index contributed by atoms with van der Waals surface area (Å²) < 4.78 is 5.45. The second-order valence-corrected chi connectivity index (χ2v) is 2.83. The van der Waals surface area contributed by atoms with E-state index in [0.29, 0.717) is 13.0 Å². The second-order valence-electron chi connectivity index (χ2n) is 2.83. The molecule has 0 unspecified atom stereocenters. The lowest BCUT2D eigenvalue weighted by molar-refractivity contribution is 0.0700. The van der Waals surface area contributed by atoms with E-state index in [1.165, 1.54) is 0 Å². The van der Waals surface area contributed by atoms with Crippen LogP contribution in [-0.4, -0.2) is 6.61 Å². The topological polar surface area (TPSA) is 33.0 Å². The molecular weight excluding hydrogens is 162 g/mol. The van der Waals surface area contributed by atoms with Gasteiger partial charge < -0.3 is 4.74 Å². The molecule has 2 heteroatoms. The van der Waals surface area contributed by atoms with Gasteiger partial charge in [-0.05, 0) is 12.5 Å². The fourth-order valence-electron chi connectivity index (χ4n) is 1.10. The van der Waals surface area contributed by atoms with Crippen LogP contribution in [0.3, 0.4) is 0 Å². The summed E-state index contributed by atoms with van der Waals surface area (Å²) in [7, 11) is 0. The quantitative estimate of drug-likeness (QED) is 0.659. The molecule has 0 amide bonds. The first-order valence-electron chi connectivity index (χ1n) is 4.38. The SMILES string of the molecule is C[C@@H](OCCC#N)c1ccccc1. The Morgan fingerprint density at radius 3 is 2.69 bits per heavy atom. The standard InChI is InChI=1S/C11H13NO/c1-10(13-9-5-8-12)11-6-3-2-4-7-11/h2-4,6-7,10H,5,9H2,1H3/t10-/m1/s1. The number of nitriles is 1. The molecule has 0 spiro atoms. The first kappa shape index (κ1) is 9.76. The smallest absolute Gasteiger partial charge is 0.0797 e. The summed E-state index contributed by atoms with van der Waals surface area (Å²) in [6, 6.07) is 12.0. The summed E-state index contributed by atoms with van der Waals surface area (Å²) in [5.74, 6) is 0. The molecule has 0 N–H and O–H groups in total. The van der Waals surface area contributed by atoms with E-state index < -0.39 is 0 Å². The van der Waals surface area contributed by atoms with Gasteiger partial charge in [0.25, 0.3) is 0 Å². The van der Waals surface area contributed by atoms with Crippen molar-refractivity contribution >= 4 is 0 Å². The Kier molecular flexibility index (Phi) is 4.01. The van der Waals surface area contributed by atoms with Crippen molar-refractivity contribution in [2.24, 2.45) is 0 Å². The maximum absolute atomic E-state index is 8.32. The van der Waals surface area contributed by atoms with E-state index >= 15 is 0 Å². The Labute approximate surface area is 78.8 Å². The van der Waals surface area contributed by atoms with E-state index in [0.717, 1.165) is 5.56 Å². The lowest BCUT2D eigenvalue weighted by Crippen LogP contribution is -2.00. The van der Waals surface area contributed by atoms with E-state index in [-0.39, 0.29) is 6.10 Å². The van der Waals surface area contributed by atoms with E-state index in [1.54, 1.807) is 0 Å². The normalized spacial score (nSPS) is 12.0. The average molecular weight is 175 g/mol. The van der Waals surface area contributed by atoms with Gasteiger partial charge in [0.05, 0.1) is 25.2 Å². The van der Waals surface area contributed by atoms with Crippen LogP contribution in [0.1, 0.15) is 25.0 Å². The van der Waals surface area contributed by atoms with Crippen LogP contribution in [0.25, 0.3) is 0 Å². The van der Waals surface area contributed by atoms with Gasteiger partial charge in [0.1, 0.15) is 0 Å². The van der Waals surface area contributed by atoms with Crippen molar-refractivity contribution in [1.29, 1.82) is 5.26 Å². The van der Waals surface area contributed by atoms with Crippen molar-refractivity contribution in [3.8, 4) is 6.07 Å². The molecule has 0 bridgehead atoms. The first-order valence-corrected chi connectivity index (χ1v) is 4.38. The van der Waals surface area contributed by atoms with Crippen molar-refractivity contribution in [2.75, 3.05) is 6.61 Å². The lowest BCUT2D eigenvalue weighted by atomic mass is 10.1. The molecule has 0 heterocycles. The molecule has 0 saturated carbocycles. The van der Waals surface area contributed by atoms with Gasteiger partial charge in [-0.15, -0.1) is 0 Å². The maximum atomic E-state index is 8.32. The predicted molar refractivity (Wildman–Crippen MR) is 51.0 cm³/mol. The van der Waals surface area contributed by atoms with Crippen LogP contribution < -0.4 is 0 Å². The zero-order chi connectivity index (χ0) is 9.52. The van der Waals surface area contributed by atoms with Crippen molar-refractivity contribution in [3.63, 3.8) is 0 Å². The summed E-state index contributed by atoms with van der Waals surface area (Å²) in [4.78, 5) is 0. The molecule has 13 heavy (non-hydrogen) atoms. The highest BCUT2D eigenvalue weighted by atomic mass is 16.5. The zero-order valence-electron chi connectivity index (χ0n) is 7.73. The lowest BCUT2D eigenvalue weighted by Gasteiger charge is -2.11. The van der Waals surface area contributed by atoms with Gasteiger partial charge in [-0.25, -0.2) is 0 Å². The largest absolute Gasteiger partial charge is 0.373 e. The Hall–Kier alpha value is -1.33. The third-order valence-corrected chi connectivity index (χ3v) is 1.85. The molecular formula is C11H13NO. The molecule has 0 aliphatic rings. The molecule has 0 fully saturated rings. The van der Waals surface area contributed by atoms with Gasteiger partial charge in [-0.1, -0.05) is 30.3 Å². The highest BCUT2D eigenvalue weighted by Crippen LogP contribution is 2.15.